The molecule has 0 radical (unpaired) electrons. The van der Waals surface area contributed by atoms with Crippen molar-refractivity contribution in [2.24, 2.45) is 0 Å². The number of benzene rings is 1. The van der Waals surface area contributed by atoms with Gasteiger partial charge in [0.2, 0.25) is 6.79 Å². The van der Waals surface area contributed by atoms with Crippen molar-refractivity contribution < 1.29 is 38.4 Å². The number of aliphatic hydroxyl groups excluding tert-OH is 1. The summed E-state index contributed by atoms with van der Waals surface area (Å²) in [5, 5.41) is 10.4. The van der Waals surface area contributed by atoms with Crippen LogP contribution in [-0.2, 0) is 30.2 Å². The molecule has 218 valence electrons. The molecule has 2 aliphatic heterocycles. The lowest BCUT2D eigenvalue weighted by Crippen LogP contribution is -2.40. The van der Waals surface area contributed by atoms with Crippen LogP contribution in [0.25, 0.3) is 0 Å². The Hall–Kier alpha value is -3.04. The van der Waals surface area contributed by atoms with E-state index in [4.69, 9.17) is 23.7 Å². The van der Waals surface area contributed by atoms with Crippen molar-refractivity contribution in [3.63, 3.8) is 0 Å². The van der Waals surface area contributed by atoms with E-state index in [1.807, 2.05) is 39.8 Å². The summed E-state index contributed by atoms with van der Waals surface area (Å²) in [4.78, 5) is 24.2. The maximum atomic E-state index is 12.9. The van der Waals surface area contributed by atoms with E-state index in [9.17, 15) is 9.90 Å². The van der Waals surface area contributed by atoms with Crippen molar-refractivity contribution in [2.75, 3.05) is 34.1 Å². The van der Waals surface area contributed by atoms with Crippen LogP contribution in [0.4, 0.5) is 0 Å². The molecule has 0 aromatic heterocycles. The zero-order valence-corrected chi connectivity index (χ0v) is 24.4. The van der Waals surface area contributed by atoms with Crippen molar-refractivity contribution in [3.05, 3.63) is 46.7 Å². The monoisotopic (exact) mass is 547 g/mol. The summed E-state index contributed by atoms with van der Waals surface area (Å²) in [6.07, 6.45) is 5.15. The molecule has 39 heavy (non-hydrogen) atoms. The summed E-state index contributed by atoms with van der Waals surface area (Å²) in [7, 11) is 2.92. The number of esters is 1. The fourth-order valence-electron chi connectivity index (χ4n) is 5.06. The molecule has 9 nitrogen and oxygen atoms in total. The number of hydrogen-bond donors (Lipinski definition) is 1. The summed E-state index contributed by atoms with van der Waals surface area (Å²) in [5.41, 5.74) is 3.41. The first-order chi connectivity index (χ1) is 18.8. The fourth-order valence-corrected chi connectivity index (χ4v) is 5.06. The Morgan fingerprint density at radius 3 is 2.46 bits per heavy atom. The summed E-state index contributed by atoms with van der Waals surface area (Å²) < 4.78 is 26.8. The van der Waals surface area contributed by atoms with E-state index in [1.54, 1.807) is 7.11 Å². The van der Waals surface area contributed by atoms with Gasteiger partial charge in [0.15, 0.2) is 23.7 Å². The summed E-state index contributed by atoms with van der Waals surface area (Å²) in [6.45, 7) is 12.6. The minimum Gasteiger partial charge on any atom is -0.497 e. The van der Waals surface area contributed by atoms with Crippen LogP contribution in [0.1, 0.15) is 70.9 Å². The van der Waals surface area contributed by atoms with Gasteiger partial charge in [0.25, 0.3) is 6.47 Å². The Labute approximate surface area is 232 Å². The number of rotatable bonds is 9. The molecular formula is C30H45NO8. The summed E-state index contributed by atoms with van der Waals surface area (Å²) >= 11 is 0. The number of fused-ring (bicyclic) bond motifs is 4. The van der Waals surface area contributed by atoms with E-state index in [1.165, 1.54) is 12.7 Å². The standard InChI is InChI=1S/C26H35NO6.C2H4O2.C2H6/c1-5-10-27-11-9-17-12-21-22(32-15-31-21)13-18(17)24-19(27)14-23(30-4)25(24)33-26(29)20(28)8-6-7-16(2)3;1-4-2-3;1-2/h7,12-14,19-20,24-25,28H,5-6,8-11,15H2,1-4H3;2H,1H3;1-2H3/t19-,20-,24-,25+;;/m0../s1. The average molecular weight is 548 g/mol. The van der Waals surface area contributed by atoms with Gasteiger partial charge in [-0.3, -0.25) is 9.69 Å². The topological polar surface area (TPSA) is 104 Å². The van der Waals surface area contributed by atoms with Gasteiger partial charge < -0.3 is 28.8 Å². The van der Waals surface area contributed by atoms with Crippen molar-refractivity contribution in [1.82, 2.24) is 4.90 Å². The molecule has 1 aliphatic carbocycles. The van der Waals surface area contributed by atoms with E-state index in [2.05, 4.69) is 28.7 Å². The van der Waals surface area contributed by atoms with Gasteiger partial charge in [-0.15, -0.1) is 0 Å². The molecule has 3 aliphatic rings. The van der Waals surface area contributed by atoms with Gasteiger partial charge in [-0.1, -0.05) is 32.4 Å². The largest absolute Gasteiger partial charge is 0.497 e. The molecule has 0 fully saturated rings. The van der Waals surface area contributed by atoms with Gasteiger partial charge >= 0.3 is 5.97 Å². The Morgan fingerprint density at radius 1 is 1.21 bits per heavy atom. The molecule has 2 heterocycles. The highest BCUT2D eigenvalue weighted by Crippen LogP contribution is 2.46. The lowest BCUT2D eigenvalue weighted by atomic mass is 9.87. The molecule has 4 rings (SSSR count). The number of carbonyl (C=O) groups is 2. The number of nitrogens with zero attached hydrogens (tertiary/aromatic N) is 1. The van der Waals surface area contributed by atoms with Crippen molar-refractivity contribution >= 4 is 12.4 Å². The predicted molar refractivity (Wildman–Crippen MR) is 149 cm³/mol. The van der Waals surface area contributed by atoms with Crippen molar-refractivity contribution in [1.29, 1.82) is 0 Å². The highest BCUT2D eigenvalue weighted by molar-refractivity contribution is 5.75. The highest BCUT2D eigenvalue weighted by Gasteiger charge is 2.47. The molecule has 0 bridgehead atoms. The predicted octanol–water partition coefficient (Wildman–Crippen LogP) is 4.51. The molecule has 0 saturated carbocycles. The fraction of sp³-hybridized carbons (Fsp3) is 0.600. The maximum Gasteiger partial charge on any atom is 0.335 e. The Morgan fingerprint density at radius 2 is 1.87 bits per heavy atom. The van der Waals surface area contributed by atoms with Crippen LogP contribution in [0.15, 0.2) is 35.6 Å². The molecule has 0 amide bonds. The van der Waals surface area contributed by atoms with Gasteiger partial charge in [0.1, 0.15) is 5.76 Å². The molecule has 1 aromatic carbocycles. The smallest absolute Gasteiger partial charge is 0.335 e. The van der Waals surface area contributed by atoms with Crippen LogP contribution < -0.4 is 9.47 Å². The second kappa shape index (κ2) is 16.2. The van der Waals surface area contributed by atoms with E-state index >= 15 is 0 Å². The third-order valence-electron chi connectivity index (χ3n) is 6.74. The molecule has 4 atom stereocenters. The van der Waals surface area contributed by atoms with Crippen molar-refractivity contribution in [2.45, 2.75) is 84.5 Å². The lowest BCUT2D eigenvalue weighted by Gasteiger charge is -2.32. The number of aliphatic hydroxyl groups is 1. The van der Waals surface area contributed by atoms with Crippen LogP contribution in [-0.4, -0.2) is 74.8 Å². The van der Waals surface area contributed by atoms with Gasteiger partial charge in [0, 0.05) is 18.5 Å². The van der Waals surface area contributed by atoms with Crippen molar-refractivity contribution in [3.8, 4) is 11.5 Å². The van der Waals surface area contributed by atoms with Gasteiger partial charge in [-0.2, -0.15) is 0 Å². The minimum atomic E-state index is -1.17. The maximum absolute atomic E-state index is 12.9. The lowest BCUT2D eigenvalue weighted by molar-refractivity contribution is -0.160. The number of hydrogen-bond acceptors (Lipinski definition) is 9. The third-order valence-corrected chi connectivity index (χ3v) is 6.74. The number of ether oxygens (including phenoxy) is 5. The second-order valence-corrected chi connectivity index (χ2v) is 9.54. The Balaban J connectivity index is 0.000000815. The molecule has 1 aromatic rings. The van der Waals surface area contributed by atoms with E-state index in [0.717, 1.165) is 42.8 Å². The highest BCUT2D eigenvalue weighted by atomic mass is 16.7. The van der Waals surface area contributed by atoms with Crippen LogP contribution >= 0.6 is 0 Å². The zero-order chi connectivity index (χ0) is 28.9. The number of carbonyl (C=O) groups excluding carboxylic acids is 2. The van der Waals surface area contributed by atoms with Gasteiger partial charge in [-0.25, -0.2) is 4.79 Å². The second-order valence-electron chi connectivity index (χ2n) is 9.54. The number of methoxy groups -OCH3 is 2. The van der Waals surface area contributed by atoms with E-state index in [-0.39, 0.29) is 18.8 Å². The van der Waals surface area contributed by atoms with Crippen LogP contribution in [0.5, 0.6) is 11.5 Å². The zero-order valence-electron chi connectivity index (χ0n) is 24.4. The Bertz CT molecular complexity index is 1000. The average Bonchev–Trinajstić information content (AvgIpc) is 3.51. The quantitative estimate of drug-likeness (QED) is 0.272. The molecule has 0 unspecified atom stereocenters. The first-order valence-electron chi connectivity index (χ1n) is 13.7. The minimum absolute atomic E-state index is 0.0298. The van der Waals surface area contributed by atoms with E-state index in [0.29, 0.717) is 30.8 Å². The molecule has 9 heteroatoms. The first-order valence-corrected chi connectivity index (χ1v) is 13.7. The summed E-state index contributed by atoms with van der Waals surface area (Å²) in [5.74, 6) is 1.35. The van der Waals surface area contributed by atoms with Crippen LogP contribution in [0, 0.1) is 0 Å². The van der Waals surface area contributed by atoms with Gasteiger partial charge in [-0.05, 0) is 75.4 Å². The van der Waals surface area contributed by atoms with Crippen LogP contribution in [0.2, 0.25) is 0 Å². The Kier molecular flexibility index (Phi) is 13.3. The van der Waals surface area contributed by atoms with Gasteiger partial charge in [0.05, 0.1) is 14.2 Å². The SMILES string of the molecule is CC.CCCN1CCc2cc3c(cc2[C@@H]2[C@H](OC(=O)[C@@H](O)CCC=C(C)C)C(OC)=C[C@@H]21)OCO3.COC=O. The molecular weight excluding hydrogens is 502 g/mol. The third kappa shape index (κ3) is 8.22. The molecule has 0 spiro atoms. The number of allylic oxidation sites excluding steroid dienone is 2. The normalized spacial score (nSPS) is 21.2. The van der Waals surface area contributed by atoms with E-state index < -0.39 is 18.2 Å². The molecule has 1 N–H and O–H groups in total. The summed E-state index contributed by atoms with van der Waals surface area (Å²) in [6, 6.07) is 4.12. The first kappa shape index (κ1) is 32.2. The molecule has 0 saturated heterocycles. The van der Waals surface area contributed by atoms with Crippen LogP contribution in [0.3, 0.4) is 0 Å².